The molecule has 0 fully saturated rings. The molecule has 0 unspecified atom stereocenters. The first-order valence-electron chi connectivity index (χ1n) is 4.19. The van der Waals surface area contributed by atoms with E-state index in [-0.39, 0.29) is 28.4 Å². The van der Waals surface area contributed by atoms with Crippen LogP contribution >= 0.6 is 0 Å². The Morgan fingerprint density at radius 1 is 1.14 bits per heavy atom. The van der Waals surface area contributed by atoms with Crippen molar-refractivity contribution in [1.82, 2.24) is 5.32 Å². The van der Waals surface area contributed by atoms with E-state index in [4.69, 9.17) is 15.3 Å². The molecule has 5 heteroatoms. The second kappa shape index (κ2) is 49.7. The summed E-state index contributed by atoms with van der Waals surface area (Å²) >= 11 is 0. The number of rotatable bonds is 2. The Morgan fingerprint density at radius 2 is 1.36 bits per heavy atom. The van der Waals surface area contributed by atoms with Crippen molar-refractivity contribution in [1.29, 1.82) is 0 Å². The molecule has 0 aromatic carbocycles. The Kier molecular flexibility index (Phi) is 104. The molecule has 0 saturated carbocycles. The molecule has 0 heterocycles. The minimum Gasteiger partial charge on any atom is -0.400 e. The molecule has 0 spiro atoms. The fraction of sp³-hybridized carbons (Fsp3) is 0.889. The first-order valence-corrected chi connectivity index (χ1v) is 4.19. The molecule has 0 amide bonds. The van der Waals surface area contributed by atoms with Crippen LogP contribution in [-0.4, -0.2) is 42.8 Å². The molecule has 0 atom stereocenters. The maximum Gasteiger partial charge on any atom is 0.0931 e. The fourth-order valence-electron chi connectivity index (χ4n) is 0.112. The minimum absolute atomic E-state index is 0. The SMILES string of the molecule is CCNCO.CO.CO.[CH2-]C(C)C.[Ti]. The molecule has 0 aliphatic rings. The molecule has 14 heavy (non-hydrogen) atoms. The normalized spacial score (nSPS) is 6.43. The Bertz CT molecular complexity index is 44.3. The van der Waals surface area contributed by atoms with Gasteiger partial charge in [0.05, 0.1) is 6.73 Å². The summed E-state index contributed by atoms with van der Waals surface area (Å²) in [6.07, 6.45) is 0. The van der Waals surface area contributed by atoms with E-state index in [1.165, 1.54) is 0 Å². The second-order valence-corrected chi connectivity index (χ2v) is 2.16. The van der Waals surface area contributed by atoms with Crippen LogP contribution in [0, 0.1) is 12.8 Å². The predicted molar refractivity (Wildman–Crippen MR) is 57.2 cm³/mol. The summed E-state index contributed by atoms with van der Waals surface area (Å²) in [4.78, 5) is 0. The average Bonchev–Trinajstić information content (AvgIpc) is 2.12. The molecule has 0 aliphatic carbocycles. The van der Waals surface area contributed by atoms with Gasteiger partial charge in [0.2, 0.25) is 0 Å². The number of hydrogen-bond donors (Lipinski definition) is 4. The van der Waals surface area contributed by atoms with E-state index in [9.17, 15) is 0 Å². The van der Waals surface area contributed by atoms with Gasteiger partial charge in [-0.1, -0.05) is 20.8 Å². The number of nitrogens with one attached hydrogen (secondary N) is 1. The molecule has 90 valence electrons. The topological polar surface area (TPSA) is 72.7 Å². The zero-order valence-corrected chi connectivity index (χ0v) is 11.6. The van der Waals surface area contributed by atoms with Crippen LogP contribution in [0.5, 0.6) is 0 Å². The largest absolute Gasteiger partial charge is 0.400 e. The smallest absolute Gasteiger partial charge is 0.0931 e. The average molecular weight is 244 g/mol. The van der Waals surface area contributed by atoms with Crippen molar-refractivity contribution in [3.63, 3.8) is 0 Å². The summed E-state index contributed by atoms with van der Waals surface area (Å²) in [5, 5.41) is 24.6. The van der Waals surface area contributed by atoms with Crippen LogP contribution in [0.25, 0.3) is 0 Å². The molecule has 0 aromatic rings. The van der Waals surface area contributed by atoms with Crippen LogP contribution in [0.1, 0.15) is 20.8 Å². The van der Waals surface area contributed by atoms with E-state index in [2.05, 4.69) is 26.1 Å². The second-order valence-electron chi connectivity index (χ2n) is 2.16. The van der Waals surface area contributed by atoms with E-state index in [0.717, 1.165) is 20.8 Å². The summed E-state index contributed by atoms with van der Waals surface area (Å²) < 4.78 is 0. The van der Waals surface area contributed by atoms with Crippen molar-refractivity contribution in [2.75, 3.05) is 27.5 Å². The first-order chi connectivity index (χ1) is 6.15. The molecule has 4 nitrogen and oxygen atoms in total. The van der Waals surface area contributed by atoms with Crippen LogP contribution < -0.4 is 5.32 Å². The van der Waals surface area contributed by atoms with Gasteiger partial charge in [0.1, 0.15) is 0 Å². The monoisotopic (exact) mass is 244 g/mol. The molecule has 0 aromatic heterocycles. The van der Waals surface area contributed by atoms with Gasteiger partial charge in [-0.2, -0.15) is 5.92 Å². The van der Waals surface area contributed by atoms with Gasteiger partial charge in [-0.05, 0) is 6.54 Å². The van der Waals surface area contributed by atoms with Gasteiger partial charge in [-0.25, -0.2) is 0 Å². The number of aliphatic hydroxyl groups is 3. The molecular weight excluding hydrogens is 218 g/mol. The van der Waals surface area contributed by atoms with Crippen LogP contribution in [-0.2, 0) is 21.7 Å². The van der Waals surface area contributed by atoms with Crippen molar-refractivity contribution in [2.24, 2.45) is 5.92 Å². The van der Waals surface area contributed by atoms with E-state index in [1.807, 2.05) is 6.92 Å². The van der Waals surface area contributed by atoms with E-state index < -0.39 is 0 Å². The maximum absolute atomic E-state index is 7.96. The van der Waals surface area contributed by atoms with Gasteiger partial charge < -0.3 is 22.2 Å². The molecule has 0 radical (unpaired) electrons. The van der Waals surface area contributed by atoms with Gasteiger partial charge in [0, 0.05) is 35.9 Å². The predicted octanol–water partition coefficient (Wildman–Crippen LogP) is 0.237. The van der Waals surface area contributed by atoms with Crippen molar-refractivity contribution in [2.45, 2.75) is 20.8 Å². The molecule has 0 bridgehead atoms. The van der Waals surface area contributed by atoms with Crippen molar-refractivity contribution in [3.05, 3.63) is 6.92 Å². The minimum atomic E-state index is 0. The molecule has 0 aliphatic heterocycles. The van der Waals surface area contributed by atoms with E-state index in [0.29, 0.717) is 5.92 Å². The van der Waals surface area contributed by atoms with Crippen molar-refractivity contribution < 1.29 is 37.0 Å². The number of aliphatic hydroxyl groups excluding tert-OH is 3. The van der Waals surface area contributed by atoms with Crippen LogP contribution in [0.15, 0.2) is 0 Å². The fourth-order valence-corrected chi connectivity index (χ4v) is 0.112. The number of hydrogen-bond acceptors (Lipinski definition) is 4. The third-order valence-electron chi connectivity index (χ3n) is 0.362. The van der Waals surface area contributed by atoms with E-state index in [1.54, 1.807) is 0 Å². The molecule has 4 N–H and O–H groups in total. The van der Waals surface area contributed by atoms with E-state index >= 15 is 0 Å². The molecule has 0 rings (SSSR count). The third kappa shape index (κ3) is 257. The Morgan fingerprint density at radius 3 is 1.36 bits per heavy atom. The van der Waals surface area contributed by atoms with Crippen molar-refractivity contribution in [3.8, 4) is 0 Å². The van der Waals surface area contributed by atoms with Gasteiger partial charge in [-0.15, -0.1) is 0 Å². The zero-order valence-electron chi connectivity index (χ0n) is 10.0. The Labute approximate surface area is 104 Å². The first kappa shape index (κ1) is 29.3. The summed E-state index contributed by atoms with van der Waals surface area (Å²) in [5.41, 5.74) is 0. The standard InChI is InChI=1S/C4H9.C3H9NO.2CH4O.Ti/c1-4(2)3;1-2-4-3-5;2*1-2;/h4H,1H2,2-3H3;4-5H,2-3H2,1H3;2*2H,1H3;/q-1;;;;. The van der Waals surface area contributed by atoms with Gasteiger partial charge in [-0.3, -0.25) is 5.32 Å². The van der Waals surface area contributed by atoms with Crippen molar-refractivity contribution >= 4 is 0 Å². The summed E-state index contributed by atoms with van der Waals surface area (Å²) in [6, 6.07) is 0. The van der Waals surface area contributed by atoms with Crippen LogP contribution in [0.4, 0.5) is 0 Å². The molecule has 0 saturated heterocycles. The third-order valence-corrected chi connectivity index (χ3v) is 0.362. The summed E-state index contributed by atoms with van der Waals surface area (Å²) in [7, 11) is 2.00. The summed E-state index contributed by atoms with van der Waals surface area (Å²) in [6.45, 7) is 10.6. The Balaban J connectivity index is -0.0000000273. The van der Waals surface area contributed by atoms with Gasteiger partial charge >= 0.3 is 0 Å². The Hall–Kier alpha value is 0.554. The summed E-state index contributed by atoms with van der Waals surface area (Å²) in [5.74, 6) is 0.583. The van der Waals surface area contributed by atoms with Crippen LogP contribution in [0.3, 0.4) is 0 Å². The van der Waals surface area contributed by atoms with Gasteiger partial charge in [0.15, 0.2) is 0 Å². The van der Waals surface area contributed by atoms with Crippen LogP contribution in [0.2, 0.25) is 0 Å². The van der Waals surface area contributed by atoms with Gasteiger partial charge in [0.25, 0.3) is 0 Å². The molecular formula is C9H26NO3Ti-. The zero-order chi connectivity index (χ0) is 11.7. The maximum atomic E-state index is 7.96. The quantitative estimate of drug-likeness (QED) is 0.319.